The second kappa shape index (κ2) is 10.2. The van der Waals surface area contributed by atoms with E-state index in [-0.39, 0.29) is 22.3 Å². The van der Waals surface area contributed by atoms with Gasteiger partial charge in [0.05, 0.1) is 11.1 Å². The molecule has 154 valence electrons. The Morgan fingerprint density at radius 1 is 1.14 bits per heavy atom. The number of esters is 1. The van der Waals surface area contributed by atoms with Crippen LogP contribution in [-0.2, 0) is 4.74 Å². The van der Waals surface area contributed by atoms with Crippen molar-refractivity contribution in [1.29, 1.82) is 0 Å². The highest BCUT2D eigenvalue weighted by atomic mass is 79.9. The number of anilines is 1. The van der Waals surface area contributed by atoms with Crippen molar-refractivity contribution in [3.63, 3.8) is 0 Å². The van der Waals surface area contributed by atoms with E-state index in [2.05, 4.69) is 31.5 Å². The number of amides is 2. The van der Waals surface area contributed by atoms with Crippen LogP contribution < -0.4 is 10.6 Å². The Kier molecular flexibility index (Phi) is 7.90. The summed E-state index contributed by atoms with van der Waals surface area (Å²) in [6.07, 6.45) is 0.629. The molecule has 2 N–H and O–H groups in total. The molecule has 29 heavy (non-hydrogen) atoms. The Labute approximate surface area is 178 Å². The zero-order valence-corrected chi connectivity index (χ0v) is 18.4. The normalized spacial score (nSPS) is 11.7. The van der Waals surface area contributed by atoms with Crippen LogP contribution in [0.3, 0.4) is 0 Å². The Morgan fingerprint density at radius 3 is 2.52 bits per heavy atom. The van der Waals surface area contributed by atoms with Gasteiger partial charge in [0.1, 0.15) is 5.69 Å². The quantitative estimate of drug-likeness (QED) is 0.478. The molecular weight excluding hydrogens is 438 g/mol. The van der Waals surface area contributed by atoms with E-state index in [1.807, 2.05) is 20.8 Å². The standard InChI is InChI=1S/C21H24BrN3O4/c1-5-17(22)29-21(28)14-7-6-8-15(11-14)25-19(26)16-10-9-13(4)24-18(16)20(27)23-12(2)3/h6-12,17H,5H2,1-4H3,(H,23,27)(H,25,26). The van der Waals surface area contributed by atoms with Gasteiger partial charge in [-0.15, -0.1) is 0 Å². The SMILES string of the molecule is CCC(Br)OC(=O)c1cccc(NC(=O)c2ccc(C)nc2C(=O)NC(C)C)c1. The smallest absolute Gasteiger partial charge is 0.339 e. The summed E-state index contributed by atoms with van der Waals surface area (Å²) in [6.45, 7) is 7.28. The maximum absolute atomic E-state index is 12.8. The lowest BCUT2D eigenvalue weighted by atomic mass is 10.1. The molecule has 1 aromatic carbocycles. The summed E-state index contributed by atoms with van der Waals surface area (Å²) in [4.78, 5) is 41.6. The van der Waals surface area contributed by atoms with E-state index in [4.69, 9.17) is 4.74 Å². The summed E-state index contributed by atoms with van der Waals surface area (Å²) in [5.74, 6) is -1.42. The molecule has 0 fully saturated rings. The molecule has 0 aliphatic heterocycles. The second-order valence-corrected chi connectivity index (χ2v) is 7.76. The molecule has 0 spiro atoms. The van der Waals surface area contributed by atoms with E-state index in [1.54, 1.807) is 37.3 Å². The number of hydrogen-bond donors (Lipinski definition) is 2. The van der Waals surface area contributed by atoms with Crippen LogP contribution in [0.15, 0.2) is 36.4 Å². The molecule has 1 aromatic heterocycles. The lowest BCUT2D eigenvalue weighted by molar-refractivity contribution is 0.0464. The van der Waals surface area contributed by atoms with Gasteiger partial charge in [0, 0.05) is 17.4 Å². The highest BCUT2D eigenvalue weighted by Gasteiger charge is 2.20. The lowest BCUT2D eigenvalue weighted by Gasteiger charge is -2.13. The molecule has 0 saturated heterocycles. The first-order chi connectivity index (χ1) is 13.7. The van der Waals surface area contributed by atoms with Gasteiger partial charge in [0.2, 0.25) is 0 Å². The predicted molar refractivity (Wildman–Crippen MR) is 114 cm³/mol. The number of ether oxygens (including phenoxy) is 1. The van der Waals surface area contributed by atoms with Crippen molar-refractivity contribution in [1.82, 2.24) is 10.3 Å². The van der Waals surface area contributed by atoms with Crippen LogP contribution in [0.2, 0.25) is 0 Å². The predicted octanol–water partition coefficient (Wildman–Crippen LogP) is 4.07. The molecule has 8 heteroatoms. The fourth-order valence-corrected chi connectivity index (χ4v) is 2.60. The number of alkyl halides is 1. The molecule has 1 atom stereocenters. The number of carbonyl (C=O) groups is 3. The van der Waals surface area contributed by atoms with E-state index in [0.717, 1.165) is 0 Å². The Balaban J connectivity index is 2.24. The second-order valence-electron chi connectivity index (χ2n) is 6.74. The van der Waals surface area contributed by atoms with Gasteiger partial charge < -0.3 is 15.4 Å². The summed E-state index contributed by atoms with van der Waals surface area (Å²) >= 11 is 3.25. The molecule has 1 unspecified atom stereocenters. The third-order valence-electron chi connectivity index (χ3n) is 3.83. The van der Waals surface area contributed by atoms with Gasteiger partial charge in [0.25, 0.3) is 11.8 Å². The Morgan fingerprint density at radius 2 is 1.86 bits per heavy atom. The average molecular weight is 462 g/mol. The highest BCUT2D eigenvalue weighted by Crippen LogP contribution is 2.17. The Bertz CT molecular complexity index is 915. The monoisotopic (exact) mass is 461 g/mol. The zero-order chi connectivity index (χ0) is 21.6. The number of rotatable bonds is 7. The van der Waals surface area contributed by atoms with Gasteiger partial charge in [0.15, 0.2) is 5.01 Å². The molecule has 2 aromatic rings. The minimum Gasteiger partial charge on any atom is -0.447 e. The van der Waals surface area contributed by atoms with Crippen molar-refractivity contribution < 1.29 is 19.1 Å². The molecule has 0 saturated carbocycles. The van der Waals surface area contributed by atoms with Crippen LogP contribution in [0.5, 0.6) is 0 Å². The van der Waals surface area contributed by atoms with Gasteiger partial charge in [-0.05, 0) is 73.5 Å². The van der Waals surface area contributed by atoms with E-state index >= 15 is 0 Å². The van der Waals surface area contributed by atoms with Crippen LogP contribution in [0, 0.1) is 6.92 Å². The molecule has 2 amide bonds. The fourth-order valence-electron chi connectivity index (χ4n) is 2.43. The van der Waals surface area contributed by atoms with Crippen molar-refractivity contribution >= 4 is 39.4 Å². The summed E-state index contributed by atoms with van der Waals surface area (Å²) < 4.78 is 5.23. The van der Waals surface area contributed by atoms with Crippen molar-refractivity contribution in [2.75, 3.05) is 5.32 Å². The van der Waals surface area contributed by atoms with Gasteiger partial charge in [-0.2, -0.15) is 0 Å². The lowest BCUT2D eigenvalue weighted by Crippen LogP contribution is -2.33. The minimum atomic E-state index is -0.501. The number of aromatic nitrogens is 1. The maximum Gasteiger partial charge on any atom is 0.339 e. The van der Waals surface area contributed by atoms with Crippen molar-refractivity contribution in [3.05, 3.63) is 58.9 Å². The fraction of sp³-hybridized carbons (Fsp3) is 0.333. The molecule has 7 nitrogen and oxygen atoms in total. The summed E-state index contributed by atoms with van der Waals surface area (Å²) in [5.41, 5.74) is 1.54. The maximum atomic E-state index is 12.8. The minimum absolute atomic E-state index is 0.0526. The zero-order valence-electron chi connectivity index (χ0n) is 16.8. The average Bonchev–Trinajstić information content (AvgIpc) is 2.67. The highest BCUT2D eigenvalue weighted by molar-refractivity contribution is 9.09. The largest absolute Gasteiger partial charge is 0.447 e. The van der Waals surface area contributed by atoms with Crippen LogP contribution >= 0.6 is 15.9 Å². The first-order valence-electron chi connectivity index (χ1n) is 9.26. The summed E-state index contributed by atoms with van der Waals surface area (Å²) in [6, 6.07) is 9.53. The van der Waals surface area contributed by atoms with Crippen LogP contribution in [0.4, 0.5) is 5.69 Å². The van der Waals surface area contributed by atoms with Crippen LogP contribution in [-0.4, -0.2) is 33.8 Å². The molecule has 0 bridgehead atoms. The number of benzene rings is 1. The first-order valence-corrected chi connectivity index (χ1v) is 10.2. The summed E-state index contributed by atoms with van der Waals surface area (Å²) in [7, 11) is 0. The topological polar surface area (TPSA) is 97.4 Å². The first kappa shape index (κ1) is 22.5. The Hall–Kier alpha value is -2.74. The molecule has 0 radical (unpaired) electrons. The van der Waals surface area contributed by atoms with E-state index < -0.39 is 17.8 Å². The molecule has 0 aliphatic carbocycles. The third kappa shape index (κ3) is 6.39. The molecular formula is C21H24BrN3O4. The summed E-state index contributed by atoms with van der Waals surface area (Å²) in [5, 5.41) is 5.08. The van der Waals surface area contributed by atoms with E-state index in [1.165, 1.54) is 6.07 Å². The number of halogens is 1. The van der Waals surface area contributed by atoms with Crippen molar-refractivity contribution in [3.8, 4) is 0 Å². The molecule has 2 rings (SSSR count). The van der Waals surface area contributed by atoms with E-state index in [0.29, 0.717) is 23.4 Å². The third-order valence-corrected chi connectivity index (χ3v) is 4.66. The number of aryl methyl sites for hydroxylation is 1. The van der Waals surface area contributed by atoms with Crippen LogP contribution in [0.1, 0.15) is 64.1 Å². The van der Waals surface area contributed by atoms with Crippen molar-refractivity contribution in [2.45, 2.75) is 45.2 Å². The van der Waals surface area contributed by atoms with Gasteiger partial charge >= 0.3 is 5.97 Å². The number of carbonyl (C=O) groups excluding carboxylic acids is 3. The van der Waals surface area contributed by atoms with Gasteiger partial charge in [-0.1, -0.05) is 13.0 Å². The number of pyridine rings is 1. The number of hydrogen-bond acceptors (Lipinski definition) is 5. The molecule has 1 heterocycles. The number of nitrogens with one attached hydrogen (secondary N) is 2. The molecule has 0 aliphatic rings. The van der Waals surface area contributed by atoms with Crippen LogP contribution in [0.25, 0.3) is 0 Å². The van der Waals surface area contributed by atoms with E-state index in [9.17, 15) is 14.4 Å². The van der Waals surface area contributed by atoms with Gasteiger partial charge in [-0.25, -0.2) is 9.78 Å². The number of nitrogens with zero attached hydrogens (tertiary/aromatic N) is 1. The van der Waals surface area contributed by atoms with Gasteiger partial charge in [-0.3, -0.25) is 9.59 Å². The van der Waals surface area contributed by atoms with Crippen molar-refractivity contribution in [2.24, 2.45) is 0 Å².